The van der Waals surface area contributed by atoms with Crippen molar-refractivity contribution in [2.75, 3.05) is 6.61 Å². The first kappa shape index (κ1) is 14.8. The van der Waals surface area contributed by atoms with E-state index in [0.717, 1.165) is 5.56 Å². The molecule has 1 aromatic carbocycles. The molecule has 0 aliphatic heterocycles. The van der Waals surface area contributed by atoms with Crippen molar-refractivity contribution in [1.82, 2.24) is 10.1 Å². The van der Waals surface area contributed by atoms with Crippen molar-refractivity contribution in [3.05, 3.63) is 54.2 Å². The standard InChI is InChI=1S/C16H14N2O5/c1-11-7-14(18-23-11)20-10-16(19)21-9-15-17-8-13(22-15)12-5-3-2-4-6-12/h2-8H,9-10H2,1H3. The second-order valence-electron chi connectivity index (χ2n) is 4.71. The number of hydrogen-bond acceptors (Lipinski definition) is 7. The van der Waals surface area contributed by atoms with Crippen molar-refractivity contribution in [2.24, 2.45) is 0 Å². The van der Waals surface area contributed by atoms with Crippen LogP contribution >= 0.6 is 0 Å². The molecular weight excluding hydrogens is 300 g/mol. The number of carbonyl (C=O) groups is 1. The van der Waals surface area contributed by atoms with Crippen LogP contribution < -0.4 is 4.74 Å². The van der Waals surface area contributed by atoms with Gasteiger partial charge in [-0.15, -0.1) is 0 Å². The van der Waals surface area contributed by atoms with E-state index in [0.29, 0.717) is 17.4 Å². The zero-order chi connectivity index (χ0) is 16.1. The topological polar surface area (TPSA) is 87.6 Å². The molecule has 0 atom stereocenters. The third kappa shape index (κ3) is 3.97. The average molecular weight is 314 g/mol. The molecule has 7 nitrogen and oxygen atoms in total. The second kappa shape index (κ2) is 6.78. The first-order chi connectivity index (χ1) is 11.2. The number of ether oxygens (including phenoxy) is 2. The molecule has 23 heavy (non-hydrogen) atoms. The Hall–Kier alpha value is -3.09. The Bertz CT molecular complexity index is 779. The summed E-state index contributed by atoms with van der Waals surface area (Å²) in [4.78, 5) is 15.7. The van der Waals surface area contributed by atoms with Crippen LogP contribution in [0.25, 0.3) is 11.3 Å². The van der Waals surface area contributed by atoms with Gasteiger partial charge in [0, 0.05) is 11.6 Å². The van der Waals surface area contributed by atoms with Crippen molar-refractivity contribution < 1.29 is 23.2 Å². The highest BCUT2D eigenvalue weighted by atomic mass is 16.6. The smallest absolute Gasteiger partial charge is 0.344 e. The number of oxazole rings is 1. The van der Waals surface area contributed by atoms with Gasteiger partial charge in [-0.3, -0.25) is 0 Å². The van der Waals surface area contributed by atoms with E-state index in [4.69, 9.17) is 18.4 Å². The van der Waals surface area contributed by atoms with Crippen LogP contribution in [0.4, 0.5) is 0 Å². The molecule has 0 fully saturated rings. The number of aromatic nitrogens is 2. The summed E-state index contributed by atoms with van der Waals surface area (Å²) < 4.78 is 20.5. The lowest BCUT2D eigenvalue weighted by molar-refractivity contribution is -0.148. The monoisotopic (exact) mass is 314 g/mol. The van der Waals surface area contributed by atoms with Crippen molar-refractivity contribution >= 4 is 5.97 Å². The SMILES string of the molecule is Cc1cc(OCC(=O)OCc2ncc(-c3ccccc3)o2)no1. The molecule has 0 radical (unpaired) electrons. The number of carbonyl (C=O) groups excluding carboxylic acids is 1. The lowest BCUT2D eigenvalue weighted by Crippen LogP contribution is -2.14. The summed E-state index contributed by atoms with van der Waals surface area (Å²) in [6.07, 6.45) is 1.59. The summed E-state index contributed by atoms with van der Waals surface area (Å²) >= 11 is 0. The Morgan fingerprint density at radius 1 is 1.26 bits per heavy atom. The first-order valence-electron chi connectivity index (χ1n) is 6.92. The maximum Gasteiger partial charge on any atom is 0.344 e. The summed E-state index contributed by atoms with van der Waals surface area (Å²) in [6, 6.07) is 11.1. The third-order valence-corrected chi connectivity index (χ3v) is 2.91. The largest absolute Gasteiger partial charge is 0.463 e. The summed E-state index contributed by atoms with van der Waals surface area (Å²) in [7, 11) is 0. The van der Waals surface area contributed by atoms with Gasteiger partial charge in [-0.1, -0.05) is 30.3 Å². The number of esters is 1. The highest BCUT2D eigenvalue weighted by molar-refractivity contribution is 5.71. The molecule has 0 N–H and O–H groups in total. The molecule has 3 aromatic rings. The second-order valence-corrected chi connectivity index (χ2v) is 4.71. The van der Waals surface area contributed by atoms with Crippen LogP contribution in [0, 0.1) is 6.92 Å². The number of hydrogen-bond donors (Lipinski definition) is 0. The predicted octanol–water partition coefficient (Wildman–Crippen LogP) is 2.76. The van der Waals surface area contributed by atoms with Crippen molar-refractivity contribution in [3.63, 3.8) is 0 Å². The van der Waals surface area contributed by atoms with Crippen molar-refractivity contribution in [2.45, 2.75) is 13.5 Å². The summed E-state index contributed by atoms with van der Waals surface area (Å²) in [6.45, 7) is 1.40. The number of benzene rings is 1. The van der Waals surface area contributed by atoms with Crippen LogP contribution in [0.5, 0.6) is 5.88 Å². The summed E-state index contributed by atoms with van der Waals surface area (Å²) in [5.74, 6) is 1.22. The van der Waals surface area contributed by atoms with E-state index in [-0.39, 0.29) is 19.1 Å². The predicted molar refractivity (Wildman–Crippen MR) is 78.5 cm³/mol. The van der Waals surface area contributed by atoms with Crippen LogP contribution in [0.15, 0.2) is 51.5 Å². The van der Waals surface area contributed by atoms with Crippen LogP contribution in [-0.2, 0) is 16.1 Å². The molecule has 0 bridgehead atoms. The highest BCUT2D eigenvalue weighted by Crippen LogP contribution is 2.20. The lowest BCUT2D eigenvalue weighted by Gasteiger charge is -2.02. The van der Waals surface area contributed by atoms with Gasteiger partial charge in [0.25, 0.3) is 5.88 Å². The molecule has 0 aliphatic carbocycles. The molecular formula is C16H14N2O5. The fraction of sp³-hybridized carbons (Fsp3) is 0.188. The minimum Gasteiger partial charge on any atom is -0.463 e. The quantitative estimate of drug-likeness (QED) is 0.646. The Labute approximate surface area is 131 Å². The fourth-order valence-electron chi connectivity index (χ4n) is 1.84. The minimum absolute atomic E-state index is 0.0626. The van der Waals surface area contributed by atoms with Crippen LogP contribution in [0.1, 0.15) is 11.7 Å². The average Bonchev–Trinajstić information content (AvgIpc) is 3.21. The molecule has 0 unspecified atom stereocenters. The van der Waals surface area contributed by atoms with Crippen LogP contribution in [-0.4, -0.2) is 22.7 Å². The molecule has 0 amide bonds. The van der Waals surface area contributed by atoms with Gasteiger partial charge in [0.15, 0.2) is 19.0 Å². The molecule has 0 saturated carbocycles. The van der Waals surface area contributed by atoms with Gasteiger partial charge < -0.3 is 18.4 Å². The normalized spacial score (nSPS) is 10.5. The highest BCUT2D eigenvalue weighted by Gasteiger charge is 2.11. The molecule has 118 valence electrons. The van der Waals surface area contributed by atoms with Crippen molar-refractivity contribution in [1.29, 1.82) is 0 Å². The molecule has 0 saturated heterocycles. The van der Waals surface area contributed by atoms with E-state index >= 15 is 0 Å². The van der Waals surface area contributed by atoms with E-state index in [2.05, 4.69) is 10.1 Å². The number of nitrogens with zero attached hydrogens (tertiary/aromatic N) is 2. The maximum atomic E-state index is 11.6. The van der Waals surface area contributed by atoms with Gasteiger partial charge >= 0.3 is 5.97 Å². The molecule has 3 rings (SSSR count). The fourth-order valence-corrected chi connectivity index (χ4v) is 1.84. The molecule has 0 spiro atoms. The zero-order valence-corrected chi connectivity index (χ0v) is 12.4. The number of aryl methyl sites for hydroxylation is 1. The zero-order valence-electron chi connectivity index (χ0n) is 12.4. The van der Waals surface area contributed by atoms with E-state index in [1.165, 1.54) is 0 Å². The molecule has 0 aliphatic rings. The van der Waals surface area contributed by atoms with Gasteiger partial charge in [-0.05, 0) is 12.1 Å². The Kier molecular flexibility index (Phi) is 4.37. The van der Waals surface area contributed by atoms with Gasteiger partial charge in [0.1, 0.15) is 5.76 Å². The summed E-state index contributed by atoms with van der Waals surface area (Å²) in [5.41, 5.74) is 0.905. The Morgan fingerprint density at radius 2 is 2.09 bits per heavy atom. The van der Waals surface area contributed by atoms with E-state index in [9.17, 15) is 4.79 Å². The Balaban J connectivity index is 1.48. The van der Waals surface area contributed by atoms with Crippen LogP contribution in [0.3, 0.4) is 0 Å². The van der Waals surface area contributed by atoms with E-state index < -0.39 is 5.97 Å². The first-order valence-corrected chi connectivity index (χ1v) is 6.92. The maximum absolute atomic E-state index is 11.6. The molecule has 2 aromatic heterocycles. The van der Waals surface area contributed by atoms with Gasteiger partial charge in [0.2, 0.25) is 5.89 Å². The lowest BCUT2D eigenvalue weighted by atomic mass is 10.2. The minimum atomic E-state index is -0.551. The number of rotatable bonds is 6. The van der Waals surface area contributed by atoms with Gasteiger partial charge in [-0.2, -0.15) is 0 Å². The third-order valence-electron chi connectivity index (χ3n) is 2.91. The van der Waals surface area contributed by atoms with E-state index in [1.807, 2.05) is 30.3 Å². The summed E-state index contributed by atoms with van der Waals surface area (Å²) in [5, 5.41) is 3.61. The Morgan fingerprint density at radius 3 is 2.83 bits per heavy atom. The van der Waals surface area contributed by atoms with Crippen LogP contribution in [0.2, 0.25) is 0 Å². The van der Waals surface area contributed by atoms with Crippen molar-refractivity contribution in [3.8, 4) is 17.2 Å². The van der Waals surface area contributed by atoms with Gasteiger partial charge in [-0.25, -0.2) is 9.78 Å². The molecule has 2 heterocycles. The van der Waals surface area contributed by atoms with E-state index in [1.54, 1.807) is 19.2 Å². The molecule has 7 heteroatoms. The van der Waals surface area contributed by atoms with Gasteiger partial charge in [0.05, 0.1) is 6.20 Å².